The van der Waals surface area contributed by atoms with Crippen LogP contribution in [-0.4, -0.2) is 33.6 Å². The SMILES string of the molecule is CC(C)C(=O)N1N=C2[C@H](C)CCC[C@@H]2[C@@]1(O)C(F)(F)F. The van der Waals surface area contributed by atoms with Gasteiger partial charge >= 0.3 is 6.18 Å². The number of carbonyl (C=O) groups is 1. The number of hydrogen-bond donors (Lipinski definition) is 1. The monoisotopic (exact) mass is 292 g/mol. The number of nitrogens with zero attached hydrogens (tertiary/aromatic N) is 2. The summed E-state index contributed by atoms with van der Waals surface area (Å²) in [5, 5.41) is 14.4. The second kappa shape index (κ2) is 4.72. The average molecular weight is 292 g/mol. The Bertz CT molecular complexity index is 447. The standard InChI is InChI=1S/C13H19F3N2O2/c1-7(2)11(19)18-12(20,13(14,15)16)9-6-4-5-8(3)10(9)17-18/h7-9,20H,4-6H2,1-3H3/t8-,9+,12-/m1/s1. The van der Waals surface area contributed by atoms with Crippen molar-refractivity contribution in [3.63, 3.8) is 0 Å². The van der Waals surface area contributed by atoms with E-state index in [1.165, 1.54) is 13.8 Å². The highest BCUT2D eigenvalue weighted by atomic mass is 19.4. The van der Waals surface area contributed by atoms with Gasteiger partial charge in [0, 0.05) is 11.6 Å². The van der Waals surface area contributed by atoms with Gasteiger partial charge in [-0.15, -0.1) is 0 Å². The van der Waals surface area contributed by atoms with E-state index in [0.29, 0.717) is 12.1 Å². The predicted octanol–water partition coefficient (Wildman–Crippen LogP) is 2.53. The Morgan fingerprint density at radius 2 is 2.05 bits per heavy atom. The zero-order valence-electron chi connectivity index (χ0n) is 11.7. The molecule has 1 aliphatic carbocycles. The summed E-state index contributed by atoms with van der Waals surface area (Å²) in [6.07, 6.45) is -3.41. The Labute approximate surface area is 115 Å². The van der Waals surface area contributed by atoms with E-state index in [4.69, 9.17) is 0 Å². The molecule has 0 saturated heterocycles. The van der Waals surface area contributed by atoms with E-state index in [9.17, 15) is 23.1 Å². The van der Waals surface area contributed by atoms with E-state index < -0.39 is 29.6 Å². The van der Waals surface area contributed by atoms with Crippen LogP contribution in [0.15, 0.2) is 5.10 Å². The lowest BCUT2D eigenvalue weighted by atomic mass is 9.75. The first-order valence-corrected chi connectivity index (χ1v) is 6.82. The smallest absolute Gasteiger partial charge is 0.362 e. The molecule has 2 aliphatic rings. The van der Waals surface area contributed by atoms with E-state index in [1.807, 2.05) is 0 Å². The minimum atomic E-state index is -4.93. The second-order valence-electron chi connectivity index (χ2n) is 5.94. The molecular formula is C13H19F3N2O2. The van der Waals surface area contributed by atoms with Crippen molar-refractivity contribution in [2.24, 2.45) is 22.9 Å². The molecule has 0 bridgehead atoms. The number of amides is 1. The number of carbonyl (C=O) groups excluding carboxylic acids is 1. The van der Waals surface area contributed by atoms with Crippen LogP contribution in [0.25, 0.3) is 0 Å². The average Bonchev–Trinajstić information content (AvgIpc) is 2.64. The maximum Gasteiger partial charge on any atom is 0.439 e. The van der Waals surface area contributed by atoms with Gasteiger partial charge in [-0.05, 0) is 18.8 Å². The Hall–Kier alpha value is -1.11. The quantitative estimate of drug-likeness (QED) is 0.807. The highest BCUT2D eigenvalue weighted by molar-refractivity contribution is 5.95. The number of alkyl halides is 3. The van der Waals surface area contributed by atoms with E-state index in [-0.39, 0.29) is 17.3 Å². The zero-order chi connectivity index (χ0) is 15.3. The molecule has 4 nitrogen and oxygen atoms in total. The Morgan fingerprint density at radius 1 is 1.45 bits per heavy atom. The van der Waals surface area contributed by atoms with E-state index >= 15 is 0 Å². The van der Waals surface area contributed by atoms with Crippen molar-refractivity contribution in [3.05, 3.63) is 0 Å². The van der Waals surface area contributed by atoms with Crippen LogP contribution in [0.5, 0.6) is 0 Å². The molecule has 114 valence electrons. The fourth-order valence-corrected chi connectivity index (χ4v) is 2.96. The molecule has 0 aromatic carbocycles. The van der Waals surface area contributed by atoms with Crippen LogP contribution < -0.4 is 0 Å². The van der Waals surface area contributed by atoms with E-state index in [1.54, 1.807) is 6.92 Å². The van der Waals surface area contributed by atoms with Gasteiger partial charge in [0.2, 0.25) is 5.91 Å². The van der Waals surface area contributed by atoms with Crippen LogP contribution in [0.3, 0.4) is 0 Å². The zero-order valence-corrected chi connectivity index (χ0v) is 11.7. The van der Waals surface area contributed by atoms with Crippen molar-refractivity contribution in [2.75, 3.05) is 0 Å². The van der Waals surface area contributed by atoms with Gasteiger partial charge in [0.15, 0.2) is 0 Å². The fourth-order valence-electron chi connectivity index (χ4n) is 2.96. The highest BCUT2D eigenvalue weighted by Gasteiger charge is 2.69. The van der Waals surface area contributed by atoms with Crippen molar-refractivity contribution in [3.8, 4) is 0 Å². The van der Waals surface area contributed by atoms with E-state index in [0.717, 1.165) is 6.42 Å². The molecule has 1 amide bonds. The summed E-state index contributed by atoms with van der Waals surface area (Å²) < 4.78 is 40.2. The molecule has 0 aromatic heterocycles. The Kier molecular flexibility index (Phi) is 3.60. The maximum absolute atomic E-state index is 13.4. The number of hydrogen-bond acceptors (Lipinski definition) is 3. The number of hydrazone groups is 1. The largest absolute Gasteiger partial charge is 0.439 e. The minimum Gasteiger partial charge on any atom is -0.362 e. The molecule has 0 radical (unpaired) electrons. The maximum atomic E-state index is 13.4. The van der Waals surface area contributed by atoms with Gasteiger partial charge in [0.1, 0.15) is 0 Å². The molecule has 1 fully saturated rings. The number of aliphatic hydroxyl groups is 1. The molecular weight excluding hydrogens is 273 g/mol. The normalized spacial score (nSPS) is 34.2. The lowest BCUT2D eigenvalue weighted by Gasteiger charge is -2.39. The molecule has 0 unspecified atom stereocenters. The molecule has 0 aromatic rings. The second-order valence-corrected chi connectivity index (χ2v) is 5.94. The molecule has 1 N–H and O–H groups in total. The number of halogens is 3. The summed E-state index contributed by atoms with van der Waals surface area (Å²) in [6, 6.07) is 0. The van der Waals surface area contributed by atoms with Crippen molar-refractivity contribution < 1.29 is 23.1 Å². The Balaban J connectivity index is 2.49. The van der Waals surface area contributed by atoms with Crippen LogP contribution in [0.1, 0.15) is 40.0 Å². The van der Waals surface area contributed by atoms with Crippen LogP contribution in [0.2, 0.25) is 0 Å². The molecule has 2 rings (SSSR count). The minimum absolute atomic E-state index is 0.146. The lowest BCUT2D eigenvalue weighted by Crippen LogP contribution is -2.62. The lowest BCUT2D eigenvalue weighted by molar-refractivity contribution is -0.317. The van der Waals surface area contributed by atoms with Crippen molar-refractivity contribution in [2.45, 2.75) is 51.9 Å². The topological polar surface area (TPSA) is 52.9 Å². The third kappa shape index (κ3) is 2.03. The summed E-state index contributed by atoms with van der Waals surface area (Å²) in [4.78, 5) is 12.0. The first-order chi connectivity index (χ1) is 9.10. The number of rotatable bonds is 1. The van der Waals surface area contributed by atoms with Gasteiger partial charge in [-0.2, -0.15) is 23.3 Å². The van der Waals surface area contributed by atoms with Gasteiger partial charge < -0.3 is 5.11 Å². The molecule has 3 atom stereocenters. The molecule has 7 heteroatoms. The van der Waals surface area contributed by atoms with Gasteiger partial charge in [0.05, 0.1) is 5.92 Å². The summed E-state index contributed by atoms with van der Waals surface area (Å²) in [6.45, 7) is 4.76. The van der Waals surface area contributed by atoms with Crippen molar-refractivity contribution in [1.82, 2.24) is 5.01 Å². The van der Waals surface area contributed by atoms with Crippen LogP contribution >= 0.6 is 0 Å². The highest BCUT2D eigenvalue weighted by Crippen LogP contribution is 2.49. The van der Waals surface area contributed by atoms with Crippen LogP contribution in [0, 0.1) is 17.8 Å². The summed E-state index contributed by atoms with van der Waals surface area (Å²) >= 11 is 0. The molecule has 1 saturated carbocycles. The van der Waals surface area contributed by atoms with Gasteiger partial charge in [-0.1, -0.05) is 27.2 Å². The molecule has 0 spiro atoms. The molecule has 1 heterocycles. The van der Waals surface area contributed by atoms with Gasteiger partial charge in [0.25, 0.3) is 5.72 Å². The predicted molar refractivity (Wildman–Crippen MR) is 66.6 cm³/mol. The third-order valence-corrected chi connectivity index (χ3v) is 4.14. The fraction of sp³-hybridized carbons (Fsp3) is 0.846. The first-order valence-electron chi connectivity index (χ1n) is 6.82. The summed E-state index contributed by atoms with van der Waals surface area (Å²) in [5.41, 5.74) is -2.90. The number of fused-ring (bicyclic) bond motifs is 1. The molecule has 20 heavy (non-hydrogen) atoms. The summed E-state index contributed by atoms with van der Waals surface area (Å²) in [7, 11) is 0. The van der Waals surface area contributed by atoms with Crippen molar-refractivity contribution in [1.29, 1.82) is 0 Å². The van der Waals surface area contributed by atoms with Crippen LogP contribution in [0.4, 0.5) is 13.2 Å². The van der Waals surface area contributed by atoms with Crippen LogP contribution in [-0.2, 0) is 4.79 Å². The molecule has 1 aliphatic heterocycles. The first kappa shape index (κ1) is 15.3. The van der Waals surface area contributed by atoms with Gasteiger partial charge in [-0.3, -0.25) is 4.79 Å². The third-order valence-electron chi connectivity index (χ3n) is 4.14. The summed E-state index contributed by atoms with van der Waals surface area (Å²) in [5.74, 6) is -2.76. The Morgan fingerprint density at radius 3 is 2.55 bits per heavy atom. The van der Waals surface area contributed by atoms with Crippen molar-refractivity contribution >= 4 is 11.6 Å². The van der Waals surface area contributed by atoms with E-state index in [2.05, 4.69) is 5.10 Å². The van der Waals surface area contributed by atoms with Gasteiger partial charge in [-0.25, -0.2) is 0 Å².